The number of benzene rings is 1. The third-order valence-electron chi connectivity index (χ3n) is 4.50. The van der Waals surface area contributed by atoms with Crippen LogP contribution in [0.25, 0.3) is 0 Å². The first-order valence-corrected chi connectivity index (χ1v) is 8.01. The zero-order chi connectivity index (χ0) is 18.1. The molecular weight excluding hydrogens is 328 g/mol. The van der Waals surface area contributed by atoms with Crippen LogP contribution in [0, 0.1) is 10.1 Å². The summed E-state index contributed by atoms with van der Waals surface area (Å²) in [6.07, 6.45) is 1.48. The second-order valence-corrected chi connectivity index (χ2v) is 6.17. The molecule has 8 heteroatoms. The summed E-state index contributed by atoms with van der Waals surface area (Å²) in [5.74, 6) is -1.70. The van der Waals surface area contributed by atoms with E-state index in [-0.39, 0.29) is 23.9 Å². The summed E-state index contributed by atoms with van der Waals surface area (Å²) in [6, 6.07) is 4.91. The lowest BCUT2D eigenvalue weighted by atomic mass is 9.96. The first-order valence-electron chi connectivity index (χ1n) is 8.01. The Morgan fingerprint density at radius 3 is 2.84 bits per heavy atom. The minimum Gasteiger partial charge on any atom is -0.503 e. The number of hydrogen-bond donors (Lipinski definition) is 1. The highest BCUT2D eigenvalue weighted by Crippen LogP contribution is 2.39. The number of Topliss-reactive ketones (excluding diaryl/α,β-unsaturated/α-hetero) is 1. The number of aliphatic hydroxyl groups excluding tert-OH is 1. The maximum atomic E-state index is 12.5. The molecule has 0 spiro atoms. The van der Waals surface area contributed by atoms with Gasteiger partial charge in [0.25, 0.3) is 11.6 Å². The molecule has 0 aliphatic carbocycles. The summed E-state index contributed by atoms with van der Waals surface area (Å²) in [4.78, 5) is 36.4. The summed E-state index contributed by atoms with van der Waals surface area (Å²) in [6.45, 7) is 2.08. The highest BCUT2D eigenvalue weighted by atomic mass is 16.6. The van der Waals surface area contributed by atoms with Gasteiger partial charge in [-0.15, -0.1) is 0 Å². The third kappa shape index (κ3) is 3.12. The fraction of sp³-hybridized carbons (Fsp3) is 0.412. The fourth-order valence-corrected chi connectivity index (χ4v) is 3.36. The smallest absolute Gasteiger partial charge is 0.290 e. The predicted molar refractivity (Wildman–Crippen MR) is 86.9 cm³/mol. The molecule has 1 saturated heterocycles. The molecule has 2 aliphatic rings. The van der Waals surface area contributed by atoms with Gasteiger partial charge in [0, 0.05) is 25.3 Å². The van der Waals surface area contributed by atoms with Crippen LogP contribution < -0.4 is 0 Å². The van der Waals surface area contributed by atoms with Crippen molar-refractivity contribution in [2.75, 3.05) is 13.2 Å². The molecule has 0 saturated carbocycles. The van der Waals surface area contributed by atoms with Gasteiger partial charge in [0.1, 0.15) is 0 Å². The molecule has 2 atom stereocenters. The van der Waals surface area contributed by atoms with E-state index in [0.29, 0.717) is 12.2 Å². The molecule has 1 N–H and O–H groups in total. The predicted octanol–water partition coefficient (Wildman–Crippen LogP) is 2.06. The molecule has 2 heterocycles. The summed E-state index contributed by atoms with van der Waals surface area (Å²) in [5.41, 5.74) is 0.231. The maximum absolute atomic E-state index is 12.5. The zero-order valence-electron chi connectivity index (χ0n) is 13.7. The number of ether oxygens (including phenoxy) is 1. The van der Waals surface area contributed by atoms with Crippen molar-refractivity contribution in [2.24, 2.45) is 0 Å². The van der Waals surface area contributed by atoms with Crippen molar-refractivity contribution in [3.8, 4) is 0 Å². The molecule has 0 radical (unpaired) electrons. The van der Waals surface area contributed by atoms with Crippen LogP contribution >= 0.6 is 0 Å². The molecule has 0 bridgehead atoms. The van der Waals surface area contributed by atoms with Crippen LogP contribution in [0.3, 0.4) is 0 Å². The van der Waals surface area contributed by atoms with Gasteiger partial charge in [-0.3, -0.25) is 19.7 Å². The monoisotopic (exact) mass is 346 g/mol. The van der Waals surface area contributed by atoms with Gasteiger partial charge in [0.05, 0.1) is 22.6 Å². The summed E-state index contributed by atoms with van der Waals surface area (Å²) < 4.78 is 5.55. The summed E-state index contributed by atoms with van der Waals surface area (Å²) in [7, 11) is 0. The topological polar surface area (TPSA) is 110 Å². The molecular formula is C17H18N2O6. The Kier molecular flexibility index (Phi) is 4.54. The SMILES string of the molecule is CC(=O)C1=C(O)C(=O)N(C[C@H]2CCCO2)[C@H]1c1cccc([N+](=O)[O-])c1. The Morgan fingerprint density at radius 2 is 2.24 bits per heavy atom. The number of aliphatic hydroxyl groups is 1. The van der Waals surface area contributed by atoms with Crippen molar-refractivity contribution in [3.05, 3.63) is 51.3 Å². The first-order chi connectivity index (χ1) is 11.9. The molecule has 3 rings (SSSR count). The van der Waals surface area contributed by atoms with Crippen LogP contribution in [0.1, 0.15) is 31.4 Å². The second-order valence-electron chi connectivity index (χ2n) is 6.17. The van der Waals surface area contributed by atoms with Crippen LogP contribution in [0.5, 0.6) is 0 Å². The highest BCUT2D eigenvalue weighted by molar-refractivity contribution is 6.08. The summed E-state index contributed by atoms with van der Waals surface area (Å²) >= 11 is 0. The molecule has 2 aliphatic heterocycles. The third-order valence-corrected chi connectivity index (χ3v) is 4.50. The van der Waals surface area contributed by atoms with Crippen molar-refractivity contribution in [2.45, 2.75) is 31.9 Å². The van der Waals surface area contributed by atoms with E-state index in [0.717, 1.165) is 12.8 Å². The normalized spacial score (nSPS) is 23.4. The van der Waals surface area contributed by atoms with E-state index in [4.69, 9.17) is 4.74 Å². The lowest BCUT2D eigenvalue weighted by molar-refractivity contribution is -0.384. The number of nitro groups is 1. The number of rotatable bonds is 5. The van der Waals surface area contributed by atoms with Crippen molar-refractivity contribution in [3.63, 3.8) is 0 Å². The lowest BCUT2D eigenvalue weighted by Gasteiger charge is -2.28. The second kappa shape index (κ2) is 6.64. The highest BCUT2D eigenvalue weighted by Gasteiger charge is 2.43. The Balaban J connectivity index is 2.02. The van der Waals surface area contributed by atoms with Gasteiger partial charge in [-0.1, -0.05) is 12.1 Å². The Morgan fingerprint density at radius 1 is 1.48 bits per heavy atom. The Bertz CT molecular complexity index is 766. The number of ketones is 1. The maximum Gasteiger partial charge on any atom is 0.290 e. The van der Waals surface area contributed by atoms with Gasteiger partial charge in [-0.25, -0.2) is 0 Å². The lowest BCUT2D eigenvalue weighted by Crippen LogP contribution is -2.37. The summed E-state index contributed by atoms with van der Waals surface area (Å²) in [5, 5.41) is 21.2. The molecule has 8 nitrogen and oxygen atoms in total. The quantitative estimate of drug-likeness (QED) is 0.645. The molecule has 1 aromatic carbocycles. The van der Waals surface area contributed by atoms with Gasteiger partial charge in [-0.2, -0.15) is 0 Å². The fourth-order valence-electron chi connectivity index (χ4n) is 3.36. The van der Waals surface area contributed by atoms with Crippen molar-refractivity contribution >= 4 is 17.4 Å². The van der Waals surface area contributed by atoms with Gasteiger partial charge in [-0.05, 0) is 25.3 Å². The molecule has 0 unspecified atom stereocenters. The van der Waals surface area contributed by atoms with Gasteiger partial charge in [0.2, 0.25) is 0 Å². The van der Waals surface area contributed by atoms with Crippen LogP contribution in [-0.4, -0.2) is 45.9 Å². The number of nitrogens with zero attached hydrogens (tertiary/aromatic N) is 2. The van der Waals surface area contributed by atoms with Crippen molar-refractivity contribution in [1.82, 2.24) is 4.90 Å². The minimum atomic E-state index is -0.853. The van der Waals surface area contributed by atoms with Gasteiger partial charge < -0.3 is 14.7 Å². The van der Waals surface area contributed by atoms with Crippen LogP contribution in [0.4, 0.5) is 5.69 Å². The number of carbonyl (C=O) groups excluding carboxylic acids is 2. The standard InChI is InChI=1S/C17H18N2O6/c1-10(20)14-15(11-4-2-5-12(8-11)19(23)24)18(17(22)16(14)21)9-13-6-3-7-25-13/h2,4-5,8,13,15,21H,3,6-7,9H2,1H3/t13-,15+/m1/s1. The molecule has 1 aromatic rings. The largest absolute Gasteiger partial charge is 0.503 e. The number of hydrogen-bond acceptors (Lipinski definition) is 6. The molecule has 25 heavy (non-hydrogen) atoms. The number of non-ortho nitro benzene ring substituents is 1. The average molecular weight is 346 g/mol. The van der Waals surface area contributed by atoms with E-state index in [1.807, 2.05) is 0 Å². The Hall–Kier alpha value is -2.74. The van der Waals surface area contributed by atoms with E-state index in [2.05, 4.69) is 0 Å². The van der Waals surface area contributed by atoms with Crippen molar-refractivity contribution < 1.29 is 24.4 Å². The van der Waals surface area contributed by atoms with Gasteiger partial charge >= 0.3 is 0 Å². The Labute approximate surface area is 143 Å². The van der Waals surface area contributed by atoms with Crippen molar-refractivity contribution in [1.29, 1.82) is 0 Å². The number of amides is 1. The molecule has 132 valence electrons. The molecule has 0 aromatic heterocycles. The number of carbonyl (C=O) groups is 2. The molecule has 1 fully saturated rings. The first kappa shape index (κ1) is 17.1. The van der Waals surface area contributed by atoms with E-state index in [1.54, 1.807) is 6.07 Å². The van der Waals surface area contributed by atoms with E-state index in [9.17, 15) is 24.8 Å². The van der Waals surface area contributed by atoms with Gasteiger partial charge in [0.15, 0.2) is 11.5 Å². The zero-order valence-corrected chi connectivity index (χ0v) is 13.7. The van der Waals surface area contributed by atoms with Crippen LogP contribution in [0.15, 0.2) is 35.6 Å². The van der Waals surface area contributed by atoms with E-state index >= 15 is 0 Å². The molecule has 1 amide bonds. The number of nitro benzene ring substituents is 1. The van der Waals surface area contributed by atoms with Crippen LogP contribution in [-0.2, 0) is 14.3 Å². The average Bonchev–Trinajstić information content (AvgIpc) is 3.17. The van der Waals surface area contributed by atoms with E-state index in [1.165, 1.54) is 30.0 Å². The van der Waals surface area contributed by atoms with E-state index < -0.39 is 28.4 Å². The minimum absolute atomic E-state index is 0.0384. The van der Waals surface area contributed by atoms with Crippen LogP contribution in [0.2, 0.25) is 0 Å².